The minimum Gasteiger partial charge on any atom is -0.348 e. The zero-order chi connectivity index (χ0) is 18.7. The molecule has 2 heterocycles. The fourth-order valence-electron chi connectivity index (χ4n) is 3.20. The van der Waals surface area contributed by atoms with Gasteiger partial charge in [-0.2, -0.15) is 0 Å². The summed E-state index contributed by atoms with van der Waals surface area (Å²) in [5, 5.41) is 14.7. The molecule has 0 amide bonds. The quantitative estimate of drug-likeness (QED) is 0.495. The zero-order valence-corrected chi connectivity index (χ0v) is 14.8. The largest absolute Gasteiger partial charge is 0.353 e. The lowest BCUT2D eigenvalue weighted by Gasteiger charge is -2.33. The average Bonchev–Trinajstić information content (AvgIpc) is 2.62. The molecule has 1 saturated heterocycles. The summed E-state index contributed by atoms with van der Waals surface area (Å²) in [5.74, 6) is 0.384. The van der Waals surface area contributed by atoms with Gasteiger partial charge in [0.2, 0.25) is 11.6 Å². The van der Waals surface area contributed by atoms with Gasteiger partial charge in [-0.05, 0) is 45.2 Å². The molecule has 8 nitrogen and oxygen atoms in total. The molecule has 1 aromatic carbocycles. The van der Waals surface area contributed by atoms with Gasteiger partial charge in [0.15, 0.2) is 5.78 Å². The highest BCUT2D eigenvalue weighted by Gasteiger charge is 2.30. The highest BCUT2D eigenvalue weighted by atomic mass is 16.6. The molecule has 1 aromatic heterocycles. The standard InChI is InChI=1S/C18H21N5O3/c1-12-6-3-4-9-22(12)18-16(23(25)26)17(19-11-20-18)21-15-8-5-7-14(10-15)13(2)24/h5,7-8,10-12H,3-4,6,9H2,1-2H3,(H,19,20,21). The number of Topliss-reactive ketones (excluding diaryl/α,β-unsaturated/α-hetero) is 1. The summed E-state index contributed by atoms with van der Waals surface area (Å²) in [6.45, 7) is 4.26. The lowest BCUT2D eigenvalue weighted by atomic mass is 10.0. The van der Waals surface area contributed by atoms with E-state index in [9.17, 15) is 14.9 Å². The van der Waals surface area contributed by atoms with Crippen molar-refractivity contribution in [1.82, 2.24) is 9.97 Å². The van der Waals surface area contributed by atoms with E-state index in [1.165, 1.54) is 13.3 Å². The molecule has 0 radical (unpaired) electrons. The third-order valence-corrected chi connectivity index (χ3v) is 4.59. The summed E-state index contributed by atoms with van der Waals surface area (Å²) in [5.41, 5.74) is 0.947. The summed E-state index contributed by atoms with van der Waals surface area (Å²) in [6.07, 6.45) is 4.40. The van der Waals surface area contributed by atoms with Gasteiger partial charge in [-0.15, -0.1) is 0 Å². The van der Waals surface area contributed by atoms with Crippen molar-refractivity contribution in [1.29, 1.82) is 0 Å². The highest BCUT2D eigenvalue weighted by molar-refractivity contribution is 5.95. The first-order valence-corrected chi connectivity index (χ1v) is 8.61. The molecule has 26 heavy (non-hydrogen) atoms. The van der Waals surface area contributed by atoms with Gasteiger partial charge in [0.25, 0.3) is 0 Å². The van der Waals surface area contributed by atoms with Crippen LogP contribution in [0.5, 0.6) is 0 Å². The van der Waals surface area contributed by atoms with Crippen molar-refractivity contribution in [2.75, 3.05) is 16.8 Å². The Hall–Kier alpha value is -3.03. The highest BCUT2D eigenvalue weighted by Crippen LogP contribution is 2.36. The Kier molecular flexibility index (Phi) is 5.11. The Bertz CT molecular complexity index is 839. The van der Waals surface area contributed by atoms with Crippen molar-refractivity contribution < 1.29 is 9.72 Å². The van der Waals surface area contributed by atoms with Gasteiger partial charge < -0.3 is 10.2 Å². The van der Waals surface area contributed by atoms with Gasteiger partial charge in [-0.3, -0.25) is 14.9 Å². The maximum Gasteiger partial charge on any atom is 0.353 e. The van der Waals surface area contributed by atoms with Gasteiger partial charge in [-0.1, -0.05) is 12.1 Å². The molecule has 1 aliphatic heterocycles. The fraction of sp³-hybridized carbons (Fsp3) is 0.389. The van der Waals surface area contributed by atoms with Gasteiger partial charge in [0.1, 0.15) is 6.33 Å². The van der Waals surface area contributed by atoms with Gasteiger partial charge in [0, 0.05) is 23.8 Å². The van der Waals surface area contributed by atoms with Gasteiger partial charge in [-0.25, -0.2) is 9.97 Å². The number of aromatic nitrogens is 2. The van der Waals surface area contributed by atoms with E-state index in [0.29, 0.717) is 17.1 Å². The van der Waals surface area contributed by atoms with Crippen LogP contribution < -0.4 is 10.2 Å². The number of nitrogens with one attached hydrogen (secondary N) is 1. The zero-order valence-electron chi connectivity index (χ0n) is 14.8. The fourth-order valence-corrected chi connectivity index (χ4v) is 3.20. The molecule has 136 valence electrons. The lowest BCUT2D eigenvalue weighted by Crippen LogP contribution is -2.38. The second-order valence-electron chi connectivity index (χ2n) is 6.45. The van der Waals surface area contributed by atoms with E-state index in [0.717, 1.165) is 25.8 Å². The molecule has 1 N–H and O–H groups in total. The molecule has 2 aromatic rings. The normalized spacial score (nSPS) is 17.0. The van der Waals surface area contributed by atoms with Crippen LogP contribution in [0.2, 0.25) is 0 Å². The van der Waals surface area contributed by atoms with Gasteiger partial charge >= 0.3 is 5.69 Å². The van der Waals surface area contributed by atoms with Gasteiger partial charge in [0.05, 0.1) is 4.92 Å². The molecule has 8 heteroatoms. The number of rotatable bonds is 5. The number of benzene rings is 1. The minimum atomic E-state index is -0.451. The summed E-state index contributed by atoms with van der Waals surface area (Å²) in [7, 11) is 0. The van der Waals surface area contributed by atoms with E-state index in [4.69, 9.17) is 0 Å². The van der Waals surface area contributed by atoms with Crippen LogP contribution in [0.4, 0.5) is 23.0 Å². The number of piperidine rings is 1. The average molecular weight is 355 g/mol. The number of hydrogen-bond acceptors (Lipinski definition) is 7. The molecular weight excluding hydrogens is 334 g/mol. The molecular formula is C18H21N5O3. The van der Waals surface area contributed by atoms with E-state index < -0.39 is 4.92 Å². The van der Waals surface area contributed by atoms with Crippen LogP contribution in [0.3, 0.4) is 0 Å². The van der Waals surface area contributed by atoms with E-state index in [1.54, 1.807) is 24.3 Å². The van der Waals surface area contributed by atoms with Crippen LogP contribution >= 0.6 is 0 Å². The van der Waals surface area contributed by atoms with E-state index in [-0.39, 0.29) is 23.3 Å². The maximum absolute atomic E-state index is 11.8. The van der Waals surface area contributed by atoms with Crippen LogP contribution in [-0.2, 0) is 0 Å². The molecule has 1 unspecified atom stereocenters. The molecule has 0 spiro atoms. The number of carbonyl (C=O) groups is 1. The van der Waals surface area contributed by atoms with Crippen molar-refractivity contribution in [3.63, 3.8) is 0 Å². The van der Waals surface area contributed by atoms with Crippen LogP contribution in [0.25, 0.3) is 0 Å². The molecule has 3 rings (SSSR count). The first-order valence-electron chi connectivity index (χ1n) is 8.61. The number of ketones is 1. The Labute approximate surface area is 151 Å². The van der Waals surface area contributed by atoms with Crippen molar-refractivity contribution in [3.05, 3.63) is 46.3 Å². The maximum atomic E-state index is 11.8. The third-order valence-electron chi connectivity index (χ3n) is 4.59. The number of hydrogen-bond donors (Lipinski definition) is 1. The van der Waals surface area contributed by atoms with Crippen LogP contribution in [0, 0.1) is 10.1 Å². The van der Waals surface area contributed by atoms with Crippen LogP contribution in [0.15, 0.2) is 30.6 Å². The third kappa shape index (κ3) is 3.63. The van der Waals surface area contributed by atoms with Crippen molar-refractivity contribution >= 4 is 28.8 Å². The molecule has 0 saturated carbocycles. The van der Waals surface area contributed by atoms with Crippen molar-refractivity contribution in [2.24, 2.45) is 0 Å². The van der Waals surface area contributed by atoms with Crippen molar-refractivity contribution in [2.45, 2.75) is 39.2 Å². The molecule has 1 atom stereocenters. The SMILES string of the molecule is CC(=O)c1cccc(Nc2ncnc(N3CCCCC3C)c2[N+](=O)[O-])c1. The summed E-state index contributed by atoms with van der Waals surface area (Å²) in [4.78, 5) is 33.1. The lowest BCUT2D eigenvalue weighted by molar-refractivity contribution is -0.383. The van der Waals surface area contributed by atoms with Crippen molar-refractivity contribution in [3.8, 4) is 0 Å². The predicted octanol–water partition coefficient (Wildman–Crippen LogP) is 3.71. The second kappa shape index (κ2) is 7.47. The number of nitrogens with zero attached hydrogens (tertiary/aromatic N) is 4. The molecule has 1 fully saturated rings. The summed E-state index contributed by atoms with van der Waals surface area (Å²) < 4.78 is 0. The smallest absolute Gasteiger partial charge is 0.348 e. The van der Waals surface area contributed by atoms with Crippen LogP contribution in [-0.4, -0.2) is 33.3 Å². The number of nitro groups is 1. The Morgan fingerprint density at radius 3 is 2.85 bits per heavy atom. The molecule has 0 aliphatic carbocycles. The second-order valence-corrected chi connectivity index (χ2v) is 6.45. The summed E-state index contributed by atoms with van der Waals surface area (Å²) in [6, 6.07) is 6.99. The number of carbonyl (C=O) groups excluding carboxylic acids is 1. The Balaban J connectivity index is 1.99. The first-order chi connectivity index (χ1) is 12.5. The minimum absolute atomic E-state index is 0.0753. The first kappa shape index (κ1) is 17.8. The Morgan fingerprint density at radius 2 is 2.15 bits per heavy atom. The monoisotopic (exact) mass is 355 g/mol. The predicted molar refractivity (Wildman–Crippen MR) is 99.1 cm³/mol. The molecule has 1 aliphatic rings. The number of anilines is 3. The Morgan fingerprint density at radius 1 is 1.35 bits per heavy atom. The van der Waals surface area contributed by atoms with E-state index in [2.05, 4.69) is 22.2 Å². The van der Waals surface area contributed by atoms with Crippen LogP contribution in [0.1, 0.15) is 43.5 Å². The topological polar surface area (TPSA) is 101 Å². The van der Waals surface area contributed by atoms with E-state index >= 15 is 0 Å². The summed E-state index contributed by atoms with van der Waals surface area (Å²) >= 11 is 0. The molecule has 0 bridgehead atoms. The van der Waals surface area contributed by atoms with E-state index in [1.807, 2.05) is 4.90 Å².